The van der Waals surface area contributed by atoms with Gasteiger partial charge in [0.05, 0.1) is 5.39 Å². The van der Waals surface area contributed by atoms with Crippen LogP contribution in [0.25, 0.3) is 10.2 Å². The van der Waals surface area contributed by atoms with E-state index in [1.54, 1.807) is 17.7 Å². The molecular weight excluding hydrogens is 230 g/mol. The van der Waals surface area contributed by atoms with Gasteiger partial charge in [-0.3, -0.25) is 0 Å². The van der Waals surface area contributed by atoms with E-state index in [9.17, 15) is 0 Å². The Morgan fingerprint density at radius 3 is 2.88 bits per heavy atom. The lowest BCUT2D eigenvalue weighted by atomic mass is 10.1. The molecule has 92 valence electrons. The van der Waals surface area contributed by atoms with Crippen molar-refractivity contribution < 1.29 is 0 Å². The molecule has 2 heterocycles. The lowest BCUT2D eigenvalue weighted by molar-refractivity contribution is 0.546. The van der Waals surface area contributed by atoms with Crippen molar-refractivity contribution in [2.75, 3.05) is 18.0 Å². The Bertz CT molecular complexity index is 480. The van der Waals surface area contributed by atoms with Crippen LogP contribution in [0.3, 0.4) is 0 Å². The third kappa shape index (κ3) is 2.57. The maximum Gasteiger partial charge on any atom is 0.140 e. The normalized spacial score (nSPS) is 12.9. The fourth-order valence-corrected chi connectivity index (χ4v) is 2.63. The predicted octanol–water partition coefficient (Wildman–Crippen LogP) is 3.56. The average Bonchev–Trinajstić information content (AvgIpc) is 2.83. The lowest BCUT2D eigenvalue weighted by Gasteiger charge is -2.25. The molecule has 0 aliphatic carbocycles. The van der Waals surface area contributed by atoms with Gasteiger partial charge in [-0.05, 0) is 24.3 Å². The molecule has 2 rings (SSSR count). The van der Waals surface area contributed by atoms with Crippen LogP contribution < -0.4 is 4.90 Å². The molecule has 1 unspecified atom stereocenters. The second-order valence-corrected chi connectivity index (χ2v) is 5.28. The molecule has 2 aromatic rings. The summed E-state index contributed by atoms with van der Waals surface area (Å²) in [4.78, 5) is 12.2. The van der Waals surface area contributed by atoms with Crippen LogP contribution in [0.5, 0.6) is 0 Å². The fraction of sp³-hybridized carbons (Fsp3) is 0.538. The highest BCUT2D eigenvalue weighted by Gasteiger charge is 2.13. The van der Waals surface area contributed by atoms with Crippen molar-refractivity contribution in [1.29, 1.82) is 0 Å². The van der Waals surface area contributed by atoms with E-state index in [1.807, 2.05) is 0 Å². The summed E-state index contributed by atoms with van der Waals surface area (Å²) in [5.41, 5.74) is 0. The summed E-state index contributed by atoms with van der Waals surface area (Å²) < 4.78 is 0. The van der Waals surface area contributed by atoms with Crippen molar-refractivity contribution in [2.45, 2.75) is 27.2 Å². The quantitative estimate of drug-likeness (QED) is 0.811. The van der Waals surface area contributed by atoms with Gasteiger partial charge in [0.25, 0.3) is 0 Å². The van der Waals surface area contributed by atoms with Gasteiger partial charge in [0.15, 0.2) is 0 Å². The minimum absolute atomic E-state index is 0.693. The van der Waals surface area contributed by atoms with Crippen LogP contribution in [-0.4, -0.2) is 23.1 Å². The SMILES string of the molecule is CCC(C)CN(CC)c1ncnc2sccc12. The molecule has 0 saturated carbocycles. The lowest BCUT2D eigenvalue weighted by Crippen LogP contribution is -2.29. The number of aromatic nitrogens is 2. The number of nitrogens with zero attached hydrogens (tertiary/aromatic N) is 3. The van der Waals surface area contributed by atoms with Crippen molar-refractivity contribution in [3.05, 3.63) is 17.8 Å². The van der Waals surface area contributed by atoms with Crippen molar-refractivity contribution in [1.82, 2.24) is 9.97 Å². The van der Waals surface area contributed by atoms with E-state index in [0.29, 0.717) is 5.92 Å². The summed E-state index contributed by atoms with van der Waals surface area (Å²) in [6.07, 6.45) is 2.88. The van der Waals surface area contributed by atoms with Gasteiger partial charge in [-0.1, -0.05) is 20.3 Å². The topological polar surface area (TPSA) is 29.0 Å². The third-order valence-corrected chi connectivity index (χ3v) is 3.97. The molecule has 0 aliphatic heterocycles. The van der Waals surface area contributed by atoms with Gasteiger partial charge in [0.1, 0.15) is 17.0 Å². The third-order valence-electron chi connectivity index (χ3n) is 3.15. The average molecular weight is 249 g/mol. The molecule has 0 spiro atoms. The van der Waals surface area contributed by atoms with Crippen LogP contribution in [0.4, 0.5) is 5.82 Å². The van der Waals surface area contributed by atoms with Crippen LogP contribution in [0, 0.1) is 5.92 Å². The Kier molecular flexibility index (Phi) is 3.94. The highest BCUT2D eigenvalue weighted by molar-refractivity contribution is 7.16. The van der Waals surface area contributed by atoms with Crippen molar-refractivity contribution in [3.63, 3.8) is 0 Å². The zero-order valence-corrected chi connectivity index (χ0v) is 11.5. The Morgan fingerprint density at radius 1 is 1.35 bits per heavy atom. The molecule has 17 heavy (non-hydrogen) atoms. The zero-order valence-electron chi connectivity index (χ0n) is 10.7. The zero-order chi connectivity index (χ0) is 12.3. The first-order valence-corrected chi connectivity index (χ1v) is 7.07. The van der Waals surface area contributed by atoms with E-state index in [1.165, 1.54) is 11.8 Å². The first-order valence-electron chi connectivity index (χ1n) is 6.19. The van der Waals surface area contributed by atoms with E-state index in [4.69, 9.17) is 0 Å². The number of anilines is 1. The van der Waals surface area contributed by atoms with E-state index >= 15 is 0 Å². The van der Waals surface area contributed by atoms with Crippen LogP contribution >= 0.6 is 11.3 Å². The van der Waals surface area contributed by atoms with Crippen LogP contribution in [-0.2, 0) is 0 Å². The molecule has 0 fully saturated rings. The molecule has 4 heteroatoms. The van der Waals surface area contributed by atoms with Crippen molar-refractivity contribution in [3.8, 4) is 0 Å². The number of hydrogen-bond donors (Lipinski definition) is 0. The Morgan fingerprint density at radius 2 is 2.18 bits per heavy atom. The molecule has 3 nitrogen and oxygen atoms in total. The molecule has 0 amide bonds. The summed E-state index contributed by atoms with van der Waals surface area (Å²) in [5, 5.41) is 3.27. The van der Waals surface area contributed by atoms with Gasteiger partial charge in [-0.15, -0.1) is 11.3 Å². The first-order chi connectivity index (χ1) is 8.26. The number of rotatable bonds is 5. The summed E-state index contributed by atoms with van der Waals surface area (Å²) in [7, 11) is 0. The van der Waals surface area contributed by atoms with Crippen molar-refractivity contribution in [2.24, 2.45) is 5.92 Å². The summed E-state index contributed by atoms with van der Waals surface area (Å²) in [6.45, 7) is 8.76. The molecule has 2 aromatic heterocycles. The minimum atomic E-state index is 0.693. The fourth-order valence-electron chi connectivity index (χ4n) is 1.90. The molecular formula is C13H19N3S. The maximum absolute atomic E-state index is 4.46. The molecule has 0 bridgehead atoms. The second-order valence-electron chi connectivity index (χ2n) is 4.39. The molecule has 0 N–H and O–H groups in total. The van der Waals surface area contributed by atoms with Gasteiger partial charge < -0.3 is 4.90 Å². The maximum atomic E-state index is 4.46. The van der Waals surface area contributed by atoms with Crippen LogP contribution in [0.2, 0.25) is 0 Å². The highest BCUT2D eigenvalue weighted by atomic mass is 32.1. The molecule has 0 aromatic carbocycles. The smallest absolute Gasteiger partial charge is 0.140 e. The number of fused-ring (bicyclic) bond motifs is 1. The van der Waals surface area contributed by atoms with E-state index in [0.717, 1.165) is 23.7 Å². The Balaban J connectivity index is 2.32. The highest BCUT2D eigenvalue weighted by Crippen LogP contribution is 2.27. The summed E-state index contributed by atoms with van der Waals surface area (Å²) in [5.74, 6) is 1.78. The molecule has 0 aliphatic rings. The number of thiophene rings is 1. The minimum Gasteiger partial charge on any atom is -0.356 e. The molecule has 1 atom stereocenters. The van der Waals surface area contributed by atoms with Crippen molar-refractivity contribution >= 4 is 27.4 Å². The molecule has 0 radical (unpaired) electrons. The van der Waals surface area contributed by atoms with E-state index in [-0.39, 0.29) is 0 Å². The van der Waals surface area contributed by atoms with E-state index in [2.05, 4.69) is 47.1 Å². The summed E-state index contributed by atoms with van der Waals surface area (Å²) in [6, 6.07) is 2.12. The monoisotopic (exact) mass is 249 g/mol. The largest absolute Gasteiger partial charge is 0.356 e. The van der Waals surface area contributed by atoms with Gasteiger partial charge in [-0.2, -0.15) is 0 Å². The summed E-state index contributed by atoms with van der Waals surface area (Å²) >= 11 is 1.68. The number of hydrogen-bond acceptors (Lipinski definition) is 4. The predicted molar refractivity (Wildman–Crippen MR) is 74.8 cm³/mol. The second kappa shape index (κ2) is 5.45. The Labute approximate surface area is 107 Å². The standard InChI is InChI=1S/C13H19N3S/c1-4-10(3)8-16(5-2)12-11-6-7-17-13(11)15-9-14-12/h6-7,9-10H,4-5,8H2,1-3H3. The Hall–Kier alpha value is -1.16. The van der Waals surface area contributed by atoms with Crippen LogP contribution in [0.15, 0.2) is 17.8 Å². The van der Waals surface area contributed by atoms with E-state index < -0.39 is 0 Å². The van der Waals surface area contributed by atoms with Gasteiger partial charge in [0, 0.05) is 13.1 Å². The first kappa shape index (κ1) is 12.3. The van der Waals surface area contributed by atoms with Gasteiger partial charge in [0.2, 0.25) is 0 Å². The van der Waals surface area contributed by atoms with Gasteiger partial charge >= 0.3 is 0 Å². The molecule has 0 saturated heterocycles. The van der Waals surface area contributed by atoms with Crippen LogP contribution in [0.1, 0.15) is 27.2 Å². The van der Waals surface area contributed by atoms with Gasteiger partial charge in [-0.25, -0.2) is 9.97 Å².